The van der Waals surface area contributed by atoms with Crippen LogP contribution in [-0.2, 0) is 17.9 Å². The van der Waals surface area contributed by atoms with Gasteiger partial charge in [0.1, 0.15) is 0 Å². The Hall–Kier alpha value is -2.31. The molecular weight excluding hydrogens is 361 g/mol. The fraction of sp³-hybridized carbons (Fsp3) is 0.235. The van der Waals surface area contributed by atoms with E-state index in [-0.39, 0.29) is 5.91 Å². The highest BCUT2D eigenvalue weighted by molar-refractivity contribution is 6.31. The van der Waals surface area contributed by atoms with Gasteiger partial charge in [-0.2, -0.15) is 10.2 Å². The van der Waals surface area contributed by atoms with Crippen molar-refractivity contribution in [2.45, 2.75) is 26.4 Å². The molecule has 0 spiro atoms. The molecule has 0 atom stereocenters. The average molecular weight is 378 g/mol. The number of nitrogens with zero attached hydrogens (tertiary/aromatic N) is 4. The molecule has 1 N–H and O–H groups in total. The van der Waals surface area contributed by atoms with Gasteiger partial charge in [0.25, 0.3) is 0 Å². The zero-order chi connectivity index (χ0) is 17.8. The Kier molecular flexibility index (Phi) is 5.40. The normalized spacial score (nSPS) is 10.8. The average Bonchev–Trinajstić information content (AvgIpc) is 3.15. The number of carbonyl (C=O) groups is 1. The maximum Gasteiger partial charge on any atom is 0.226 e. The number of aryl methyl sites for hydroxylation is 1. The van der Waals surface area contributed by atoms with E-state index < -0.39 is 0 Å². The van der Waals surface area contributed by atoms with Crippen LogP contribution in [0.2, 0.25) is 10.0 Å². The first-order valence-corrected chi connectivity index (χ1v) is 8.51. The van der Waals surface area contributed by atoms with Crippen molar-refractivity contribution in [2.24, 2.45) is 0 Å². The molecule has 2 heterocycles. The van der Waals surface area contributed by atoms with E-state index in [0.29, 0.717) is 35.2 Å². The molecule has 2 aromatic heterocycles. The summed E-state index contributed by atoms with van der Waals surface area (Å²) in [5.41, 5.74) is 2.59. The van der Waals surface area contributed by atoms with Gasteiger partial charge in [-0.1, -0.05) is 35.3 Å². The molecule has 0 aliphatic rings. The fourth-order valence-corrected chi connectivity index (χ4v) is 2.64. The van der Waals surface area contributed by atoms with E-state index >= 15 is 0 Å². The summed E-state index contributed by atoms with van der Waals surface area (Å²) >= 11 is 11.8. The lowest BCUT2D eigenvalue weighted by Gasteiger charge is -2.05. The van der Waals surface area contributed by atoms with E-state index in [9.17, 15) is 4.79 Å². The molecule has 0 aliphatic heterocycles. The first-order valence-electron chi connectivity index (χ1n) is 7.76. The maximum atomic E-state index is 12.1. The van der Waals surface area contributed by atoms with Crippen molar-refractivity contribution in [2.75, 3.05) is 5.32 Å². The third-order valence-corrected chi connectivity index (χ3v) is 4.39. The van der Waals surface area contributed by atoms with Gasteiger partial charge in [-0.05, 0) is 24.6 Å². The Morgan fingerprint density at radius 3 is 2.60 bits per heavy atom. The van der Waals surface area contributed by atoms with Crippen LogP contribution in [0.5, 0.6) is 0 Å². The van der Waals surface area contributed by atoms with Gasteiger partial charge in [-0.25, -0.2) is 0 Å². The van der Waals surface area contributed by atoms with Crippen LogP contribution in [0, 0.1) is 6.92 Å². The van der Waals surface area contributed by atoms with Crippen molar-refractivity contribution in [3.63, 3.8) is 0 Å². The summed E-state index contributed by atoms with van der Waals surface area (Å²) in [6.07, 6.45) is 5.31. The lowest BCUT2D eigenvalue weighted by atomic mass is 10.2. The van der Waals surface area contributed by atoms with E-state index in [1.165, 1.54) is 0 Å². The Morgan fingerprint density at radius 2 is 1.92 bits per heavy atom. The van der Waals surface area contributed by atoms with Crippen molar-refractivity contribution in [1.82, 2.24) is 19.6 Å². The predicted octanol–water partition coefficient (Wildman–Crippen LogP) is 3.77. The van der Waals surface area contributed by atoms with Gasteiger partial charge < -0.3 is 5.32 Å². The van der Waals surface area contributed by atoms with Crippen LogP contribution in [0.15, 0.2) is 42.9 Å². The molecule has 1 aromatic carbocycles. The maximum absolute atomic E-state index is 12.1. The molecule has 0 saturated carbocycles. The van der Waals surface area contributed by atoms with Crippen LogP contribution in [-0.4, -0.2) is 25.5 Å². The van der Waals surface area contributed by atoms with Crippen molar-refractivity contribution in [1.29, 1.82) is 0 Å². The summed E-state index contributed by atoms with van der Waals surface area (Å²) in [5.74, 6) is -0.0999. The van der Waals surface area contributed by atoms with E-state index in [1.54, 1.807) is 28.0 Å². The molecular formula is C17H17Cl2N5O. The highest BCUT2D eigenvalue weighted by Crippen LogP contribution is 2.14. The summed E-state index contributed by atoms with van der Waals surface area (Å²) in [4.78, 5) is 12.1. The lowest BCUT2D eigenvalue weighted by Crippen LogP contribution is -2.15. The Bertz CT molecular complexity index is 870. The second kappa shape index (κ2) is 7.72. The van der Waals surface area contributed by atoms with Crippen LogP contribution in [0.3, 0.4) is 0 Å². The number of rotatable bonds is 6. The zero-order valence-electron chi connectivity index (χ0n) is 13.6. The molecule has 0 unspecified atom stereocenters. The lowest BCUT2D eigenvalue weighted by molar-refractivity contribution is -0.116. The molecule has 1 amide bonds. The van der Waals surface area contributed by atoms with Gasteiger partial charge in [0.05, 0.1) is 41.9 Å². The number of anilines is 1. The smallest absolute Gasteiger partial charge is 0.226 e. The van der Waals surface area contributed by atoms with Gasteiger partial charge in [0.15, 0.2) is 0 Å². The minimum Gasteiger partial charge on any atom is -0.323 e. The van der Waals surface area contributed by atoms with E-state index in [2.05, 4.69) is 15.5 Å². The molecule has 3 rings (SSSR count). The van der Waals surface area contributed by atoms with Gasteiger partial charge >= 0.3 is 0 Å². The van der Waals surface area contributed by atoms with Crippen molar-refractivity contribution < 1.29 is 4.79 Å². The van der Waals surface area contributed by atoms with Gasteiger partial charge in [-0.15, -0.1) is 0 Å². The van der Waals surface area contributed by atoms with Crippen LogP contribution in [0.1, 0.15) is 17.7 Å². The highest BCUT2D eigenvalue weighted by atomic mass is 35.5. The standard InChI is InChI=1S/C17H17Cl2N5O/c1-12-16(19)9-21-24(12)7-6-17(25)22-15-8-20-23(11-15)10-13-2-4-14(18)5-3-13/h2-5,8-9,11H,6-7,10H2,1H3,(H,22,25). The number of aromatic nitrogens is 4. The van der Waals surface area contributed by atoms with Crippen LogP contribution in [0.4, 0.5) is 5.69 Å². The van der Waals surface area contributed by atoms with Crippen molar-refractivity contribution in [3.05, 3.63) is 64.2 Å². The SMILES string of the molecule is Cc1c(Cl)cnn1CCC(=O)Nc1cnn(Cc2ccc(Cl)cc2)c1. The molecule has 0 bridgehead atoms. The highest BCUT2D eigenvalue weighted by Gasteiger charge is 2.08. The molecule has 0 aliphatic carbocycles. The molecule has 0 saturated heterocycles. The number of benzene rings is 1. The number of hydrogen-bond donors (Lipinski definition) is 1. The molecule has 0 radical (unpaired) electrons. The molecule has 6 nitrogen and oxygen atoms in total. The van der Waals surface area contributed by atoms with Gasteiger partial charge in [0, 0.05) is 17.6 Å². The fourth-order valence-electron chi connectivity index (χ4n) is 2.37. The predicted molar refractivity (Wildman–Crippen MR) is 98.0 cm³/mol. The third-order valence-electron chi connectivity index (χ3n) is 3.77. The largest absolute Gasteiger partial charge is 0.323 e. The quantitative estimate of drug-likeness (QED) is 0.710. The Balaban J connectivity index is 1.53. The second-order valence-electron chi connectivity index (χ2n) is 5.65. The third kappa shape index (κ3) is 4.61. The monoisotopic (exact) mass is 377 g/mol. The van der Waals surface area contributed by atoms with Crippen molar-refractivity contribution >= 4 is 34.8 Å². The van der Waals surface area contributed by atoms with Crippen LogP contribution in [0.25, 0.3) is 0 Å². The summed E-state index contributed by atoms with van der Waals surface area (Å²) in [7, 11) is 0. The van der Waals surface area contributed by atoms with Crippen LogP contribution >= 0.6 is 23.2 Å². The Morgan fingerprint density at radius 1 is 1.16 bits per heavy atom. The first kappa shape index (κ1) is 17.5. The molecule has 25 heavy (non-hydrogen) atoms. The number of amides is 1. The topological polar surface area (TPSA) is 64.7 Å². The van der Waals surface area contributed by atoms with Gasteiger partial charge in [0.2, 0.25) is 5.91 Å². The second-order valence-corrected chi connectivity index (χ2v) is 6.50. The van der Waals surface area contributed by atoms with E-state index in [1.807, 2.05) is 31.2 Å². The molecule has 0 fully saturated rings. The molecule has 130 valence electrons. The van der Waals surface area contributed by atoms with Crippen LogP contribution < -0.4 is 5.32 Å². The number of nitrogens with one attached hydrogen (secondary N) is 1. The van der Waals surface area contributed by atoms with E-state index in [4.69, 9.17) is 23.2 Å². The molecule has 3 aromatic rings. The first-order chi connectivity index (χ1) is 12.0. The minimum atomic E-state index is -0.0999. The van der Waals surface area contributed by atoms with Crippen molar-refractivity contribution in [3.8, 4) is 0 Å². The number of hydrogen-bond acceptors (Lipinski definition) is 3. The number of halogens is 2. The summed E-state index contributed by atoms with van der Waals surface area (Å²) in [5, 5.41) is 12.5. The minimum absolute atomic E-state index is 0.0999. The molecule has 8 heteroatoms. The van der Waals surface area contributed by atoms with Gasteiger partial charge in [-0.3, -0.25) is 14.2 Å². The Labute approximate surface area is 155 Å². The number of carbonyl (C=O) groups excluding carboxylic acids is 1. The summed E-state index contributed by atoms with van der Waals surface area (Å²) in [6.45, 7) is 2.95. The van der Waals surface area contributed by atoms with E-state index in [0.717, 1.165) is 11.3 Å². The summed E-state index contributed by atoms with van der Waals surface area (Å²) in [6, 6.07) is 7.57. The zero-order valence-corrected chi connectivity index (χ0v) is 15.1. The summed E-state index contributed by atoms with van der Waals surface area (Å²) < 4.78 is 3.47.